The number of hydrogen-bond acceptors (Lipinski definition) is 2. The maximum Gasteiger partial charge on any atom is 0.471 e. The Bertz CT molecular complexity index is 732. The van der Waals surface area contributed by atoms with Crippen LogP contribution >= 0.6 is 0 Å². The van der Waals surface area contributed by atoms with Gasteiger partial charge >= 0.3 is 12.1 Å². The van der Waals surface area contributed by atoms with Gasteiger partial charge in [-0.25, -0.2) is 0 Å². The van der Waals surface area contributed by atoms with E-state index in [0.717, 1.165) is 5.56 Å². The van der Waals surface area contributed by atoms with Crippen LogP contribution in [0.3, 0.4) is 0 Å². The van der Waals surface area contributed by atoms with Crippen LogP contribution in [-0.2, 0) is 9.53 Å². The third-order valence-electron chi connectivity index (χ3n) is 4.06. The summed E-state index contributed by atoms with van der Waals surface area (Å²) in [5.41, 5.74) is 1.56. The number of carbonyl (C=O) groups is 1. The molecule has 0 fully saturated rings. The summed E-state index contributed by atoms with van der Waals surface area (Å²) in [5, 5.41) is 2.00. The van der Waals surface area contributed by atoms with E-state index >= 15 is 0 Å². The fourth-order valence-electron chi connectivity index (χ4n) is 2.76. The zero-order valence-corrected chi connectivity index (χ0v) is 14.9. The van der Waals surface area contributed by atoms with Gasteiger partial charge in [-0.15, -0.1) is 6.58 Å². The summed E-state index contributed by atoms with van der Waals surface area (Å²) in [7, 11) is 0. The number of benzene rings is 2. The van der Waals surface area contributed by atoms with Crippen molar-refractivity contribution in [1.29, 1.82) is 0 Å². The highest BCUT2D eigenvalue weighted by atomic mass is 19.4. The summed E-state index contributed by atoms with van der Waals surface area (Å²) in [6, 6.07) is 17.3. The maximum atomic E-state index is 12.7. The van der Waals surface area contributed by atoms with E-state index in [9.17, 15) is 18.0 Å². The van der Waals surface area contributed by atoms with Crippen molar-refractivity contribution in [3.8, 4) is 0 Å². The molecule has 2 aromatic carbocycles. The first-order valence-corrected chi connectivity index (χ1v) is 8.57. The first-order valence-electron chi connectivity index (χ1n) is 8.57. The lowest BCUT2D eigenvalue weighted by Crippen LogP contribution is -2.45. The second-order valence-corrected chi connectivity index (χ2v) is 6.15. The molecule has 0 spiro atoms. The van der Waals surface area contributed by atoms with Crippen LogP contribution in [0.25, 0.3) is 0 Å². The van der Waals surface area contributed by atoms with Gasteiger partial charge in [0, 0.05) is 0 Å². The third kappa shape index (κ3) is 5.96. The van der Waals surface area contributed by atoms with Crippen molar-refractivity contribution < 1.29 is 22.7 Å². The predicted molar refractivity (Wildman–Crippen MR) is 97.9 cm³/mol. The number of ether oxygens (including phenoxy) is 1. The summed E-state index contributed by atoms with van der Waals surface area (Å²) >= 11 is 0. The summed E-state index contributed by atoms with van der Waals surface area (Å²) < 4.78 is 44.2. The maximum absolute atomic E-state index is 12.7. The van der Waals surface area contributed by atoms with E-state index in [4.69, 9.17) is 4.74 Å². The van der Waals surface area contributed by atoms with Gasteiger partial charge in [-0.05, 0) is 24.5 Å². The van der Waals surface area contributed by atoms with Crippen LogP contribution in [-0.4, -0.2) is 18.1 Å². The van der Waals surface area contributed by atoms with Crippen molar-refractivity contribution in [2.75, 3.05) is 0 Å². The zero-order chi connectivity index (χ0) is 19.9. The Morgan fingerprint density at radius 1 is 1.07 bits per heavy atom. The number of halogens is 3. The van der Waals surface area contributed by atoms with Gasteiger partial charge < -0.3 is 10.1 Å². The molecule has 2 aromatic rings. The second kappa shape index (κ2) is 9.37. The molecule has 0 heterocycles. The van der Waals surface area contributed by atoms with Crippen molar-refractivity contribution in [1.82, 2.24) is 5.32 Å². The van der Waals surface area contributed by atoms with Gasteiger partial charge in [-0.3, -0.25) is 4.79 Å². The number of carbonyl (C=O) groups excluding carboxylic acids is 1. The Balaban J connectivity index is 2.29. The highest BCUT2D eigenvalue weighted by molar-refractivity contribution is 5.82. The lowest BCUT2D eigenvalue weighted by atomic mass is 10.0. The van der Waals surface area contributed by atoms with E-state index in [1.54, 1.807) is 36.4 Å². The molecule has 6 heteroatoms. The Labute approximate surface area is 156 Å². The molecule has 0 saturated heterocycles. The van der Waals surface area contributed by atoms with Crippen LogP contribution in [0.2, 0.25) is 0 Å². The lowest BCUT2D eigenvalue weighted by molar-refractivity contribution is -0.175. The zero-order valence-electron chi connectivity index (χ0n) is 14.9. The molecule has 0 aliphatic rings. The van der Waals surface area contributed by atoms with Gasteiger partial charge in [0.15, 0.2) is 0 Å². The second-order valence-electron chi connectivity index (χ2n) is 6.15. The van der Waals surface area contributed by atoms with Gasteiger partial charge in [0.1, 0.15) is 6.10 Å². The van der Waals surface area contributed by atoms with Crippen LogP contribution in [0.1, 0.15) is 36.7 Å². The van der Waals surface area contributed by atoms with Crippen molar-refractivity contribution in [2.24, 2.45) is 0 Å². The molecule has 0 bridgehead atoms. The molecule has 0 saturated carbocycles. The predicted octanol–water partition coefficient (Wildman–Crippen LogP) is 5.13. The van der Waals surface area contributed by atoms with Gasteiger partial charge in [-0.1, -0.05) is 66.7 Å². The van der Waals surface area contributed by atoms with Gasteiger partial charge in [0.05, 0.1) is 12.1 Å². The number of rotatable bonds is 8. The molecular formula is C21H22F3NO2. The molecule has 0 aromatic heterocycles. The molecule has 1 N–H and O–H groups in total. The van der Waals surface area contributed by atoms with Crippen LogP contribution < -0.4 is 5.32 Å². The third-order valence-corrected chi connectivity index (χ3v) is 4.06. The number of nitrogens with one attached hydrogen (secondary N) is 1. The first kappa shape index (κ1) is 20.7. The number of amides is 1. The van der Waals surface area contributed by atoms with Crippen molar-refractivity contribution >= 4 is 5.91 Å². The van der Waals surface area contributed by atoms with Gasteiger partial charge in [0.2, 0.25) is 0 Å². The molecule has 0 aliphatic carbocycles. The summed E-state index contributed by atoms with van der Waals surface area (Å²) in [6.07, 6.45) is -3.94. The standard InChI is InChI=1S/C21H22F3NO2/c1-3-10-18(16-11-6-4-7-12-16)27-19(17-13-8-5-9-14-17)15(2)25-20(26)21(22,23)24/h3-9,11-15,18-19H,1,10H2,2H3,(H,25,26)/t15-,18+,19+/m1/s1. The Morgan fingerprint density at radius 3 is 2.07 bits per heavy atom. The SMILES string of the molecule is C=CC[C@H](O[C@H](c1ccccc1)[C@@H](C)NC(=O)C(F)(F)F)c1ccccc1. The normalized spacial score (nSPS) is 14.8. The molecule has 144 valence electrons. The molecule has 3 atom stereocenters. The topological polar surface area (TPSA) is 38.3 Å². The van der Waals surface area contributed by atoms with Gasteiger partial charge in [0.25, 0.3) is 0 Å². The molecule has 1 amide bonds. The molecule has 27 heavy (non-hydrogen) atoms. The van der Waals surface area contributed by atoms with Crippen LogP contribution in [0.5, 0.6) is 0 Å². The molecule has 3 nitrogen and oxygen atoms in total. The van der Waals surface area contributed by atoms with Crippen LogP contribution in [0.15, 0.2) is 73.3 Å². The van der Waals surface area contributed by atoms with E-state index in [-0.39, 0.29) is 0 Å². The average molecular weight is 377 g/mol. The van der Waals surface area contributed by atoms with Gasteiger partial charge in [-0.2, -0.15) is 13.2 Å². The van der Waals surface area contributed by atoms with Crippen molar-refractivity contribution in [2.45, 2.75) is 37.8 Å². The minimum absolute atomic E-state index is 0.404. The average Bonchev–Trinajstić information content (AvgIpc) is 2.65. The largest absolute Gasteiger partial charge is 0.471 e. The van der Waals surface area contributed by atoms with E-state index in [2.05, 4.69) is 6.58 Å². The van der Waals surface area contributed by atoms with E-state index < -0.39 is 30.3 Å². The van der Waals surface area contributed by atoms with Crippen molar-refractivity contribution in [3.63, 3.8) is 0 Å². The molecule has 0 unspecified atom stereocenters. The number of alkyl halides is 3. The fourth-order valence-corrected chi connectivity index (χ4v) is 2.76. The summed E-state index contributed by atoms with van der Waals surface area (Å²) in [4.78, 5) is 11.4. The molecule has 2 rings (SSSR count). The van der Waals surface area contributed by atoms with Crippen molar-refractivity contribution in [3.05, 3.63) is 84.4 Å². The highest BCUT2D eigenvalue weighted by Crippen LogP contribution is 2.32. The first-order chi connectivity index (χ1) is 12.8. The minimum Gasteiger partial charge on any atom is -0.363 e. The Morgan fingerprint density at radius 2 is 1.59 bits per heavy atom. The van der Waals surface area contributed by atoms with E-state index in [1.165, 1.54) is 6.92 Å². The highest BCUT2D eigenvalue weighted by Gasteiger charge is 2.40. The van der Waals surface area contributed by atoms with Crippen LogP contribution in [0.4, 0.5) is 13.2 Å². The Hall–Kier alpha value is -2.60. The molecule has 0 radical (unpaired) electrons. The van der Waals surface area contributed by atoms with E-state index in [1.807, 2.05) is 35.6 Å². The minimum atomic E-state index is -4.95. The summed E-state index contributed by atoms with van der Waals surface area (Å²) in [6.45, 7) is 5.23. The monoisotopic (exact) mass is 377 g/mol. The quantitative estimate of drug-likeness (QED) is 0.648. The van der Waals surface area contributed by atoms with Crippen LogP contribution in [0, 0.1) is 0 Å². The fraction of sp³-hybridized carbons (Fsp3) is 0.286. The smallest absolute Gasteiger partial charge is 0.363 e. The summed E-state index contributed by atoms with van der Waals surface area (Å²) in [5.74, 6) is -1.99. The van der Waals surface area contributed by atoms with E-state index in [0.29, 0.717) is 12.0 Å². The molecular weight excluding hydrogens is 355 g/mol. The lowest BCUT2D eigenvalue weighted by Gasteiger charge is -2.30. The Kier molecular flexibility index (Phi) is 7.19. The number of hydrogen-bond donors (Lipinski definition) is 1. The molecule has 0 aliphatic heterocycles.